The summed E-state index contributed by atoms with van der Waals surface area (Å²) < 4.78 is 4.61. The largest absolute Gasteiger partial charge is 0.481 e. The minimum atomic E-state index is -0.936. The Morgan fingerprint density at radius 2 is 1.83 bits per heavy atom. The van der Waals surface area contributed by atoms with Crippen molar-refractivity contribution >= 4 is 17.8 Å². The highest BCUT2D eigenvalue weighted by molar-refractivity contribution is 5.84. The first-order valence-corrected chi connectivity index (χ1v) is 5.95. The number of aliphatic carboxylic acids is 1. The van der Waals surface area contributed by atoms with Crippen LogP contribution >= 0.6 is 0 Å². The molecule has 6 nitrogen and oxygen atoms in total. The summed E-state index contributed by atoms with van der Waals surface area (Å²) in [5, 5.41) is 11.0. The summed E-state index contributed by atoms with van der Waals surface area (Å²) in [6.45, 7) is 3.87. The second kappa shape index (κ2) is 8.49. The van der Waals surface area contributed by atoms with Gasteiger partial charge in [-0.2, -0.15) is 0 Å². The van der Waals surface area contributed by atoms with Crippen molar-refractivity contribution in [1.29, 1.82) is 0 Å². The fraction of sp³-hybridized carbons (Fsp3) is 0.750. The van der Waals surface area contributed by atoms with Crippen molar-refractivity contribution < 1.29 is 24.2 Å². The molecule has 0 heterocycles. The summed E-state index contributed by atoms with van der Waals surface area (Å²) in [6.07, 6.45) is 0.798. The maximum absolute atomic E-state index is 11.5. The minimum Gasteiger partial charge on any atom is -0.481 e. The van der Waals surface area contributed by atoms with Crippen LogP contribution in [0.5, 0.6) is 0 Å². The first kappa shape index (κ1) is 16.4. The third kappa shape index (κ3) is 7.65. The van der Waals surface area contributed by atoms with E-state index in [-0.39, 0.29) is 31.1 Å². The van der Waals surface area contributed by atoms with Gasteiger partial charge in [0.25, 0.3) is 0 Å². The number of rotatable bonds is 8. The highest BCUT2D eigenvalue weighted by Gasteiger charge is 2.22. The van der Waals surface area contributed by atoms with E-state index in [1.54, 1.807) is 0 Å². The summed E-state index contributed by atoms with van der Waals surface area (Å²) in [6, 6.07) is -0.660. The van der Waals surface area contributed by atoms with Gasteiger partial charge in [0.2, 0.25) is 5.91 Å². The predicted octanol–water partition coefficient (Wildman–Crippen LogP) is 0.945. The second-order valence-corrected chi connectivity index (χ2v) is 4.52. The van der Waals surface area contributed by atoms with Gasteiger partial charge in [-0.15, -0.1) is 0 Å². The highest BCUT2D eigenvalue weighted by atomic mass is 16.5. The molecule has 0 radical (unpaired) electrons. The molecule has 0 bridgehead atoms. The molecule has 1 atom stereocenters. The molecule has 0 aliphatic carbocycles. The molecule has 1 amide bonds. The Morgan fingerprint density at radius 3 is 2.28 bits per heavy atom. The van der Waals surface area contributed by atoms with Gasteiger partial charge in [-0.25, -0.2) is 4.79 Å². The molecule has 1 unspecified atom stereocenters. The van der Waals surface area contributed by atoms with E-state index in [0.29, 0.717) is 6.42 Å². The third-order valence-electron chi connectivity index (χ3n) is 2.32. The number of ether oxygens (including phenoxy) is 1. The lowest BCUT2D eigenvalue weighted by molar-refractivity contribution is -0.145. The van der Waals surface area contributed by atoms with Crippen LogP contribution in [0.3, 0.4) is 0 Å². The number of hydrogen-bond acceptors (Lipinski definition) is 4. The van der Waals surface area contributed by atoms with E-state index in [1.165, 1.54) is 7.11 Å². The quantitative estimate of drug-likeness (QED) is 0.633. The van der Waals surface area contributed by atoms with Crippen LogP contribution in [0.2, 0.25) is 0 Å². The first-order valence-electron chi connectivity index (χ1n) is 5.95. The fourth-order valence-electron chi connectivity index (χ4n) is 1.49. The molecule has 0 saturated heterocycles. The smallest absolute Gasteiger partial charge is 0.328 e. The number of amides is 1. The molecule has 0 rings (SSSR count). The Morgan fingerprint density at radius 1 is 1.22 bits per heavy atom. The van der Waals surface area contributed by atoms with Gasteiger partial charge in [-0.3, -0.25) is 9.59 Å². The van der Waals surface area contributed by atoms with E-state index >= 15 is 0 Å². The Balaban J connectivity index is 4.18. The third-order valence-corrected chi connectivity index (χ3v) is 2.32. The van der Waals surface area contributed by atoms with Crippen molar-refractivity contribution in [2.45, 2.75) is 45.6 Å². The van der Waals surface area contributed by atoms with E-state index in [9.17, 15) is 14.4 Å². The molecule has 0 aliphatic heterocycles. The second-order valence-electron chi connectivity index (χ2n) is 4.52. The van der Waals surface area contributed by atoms with E-state index in [2.05, 4.69) is 10.1 Å². The number of carboxylic acids is 1. The van der Waals surface area contributed by atoms with Crippen molar-refractivity contribution in [3.63, 3.8) is 0 Å². The van der Waals surface area contributed by atoms with Gasteiger partial charge < -0.3 is 15.2 Å². The maximum Gasteiger partial charge on any atom is 0.328 e. The molecule has 0 fully saturated rings. The molecule has 6 heteroatoms. The van der Waals surface area contributed by atoms with Crippen LogP contribution in [0.1, 0.15) is 39.5 Å². The van der Waals surface area contributed by atoms with Crippen LogP contribution in [-0.2, 0) is 19.1 Å². The Labute approximate surface area is 107 Å². The topological polar surface area (TPSA) is 92.7 Å². The van der Waals surface area contributed by atoms with Crippen molar-refractivity contribution in [2.75, 3.05) is 7.11 Å². The van der Waals surface area contributed by atoms with Crippen molar-refractivity contribution in [3.8, 4) is 0 Å². The molecular formula is C12H21NO5. The normalized spacial score (nSPS) is 12.0. The number of nitrogens with one attached hydrogen (secondary N) is 1. The number of methoxy groups -OCH3 is 1. The number of carbonyl (C=O) groups excluding carboxylic acids is 2. The molecule has 0 aromatic heterocycles. The lowest BCUT2D eigenvalue weighted by Crippen LogP contribution is -2.42. The van der Waals surface area contributed by atoms with E-state index in [0.717, 1.165) is 0 Å². The van der Waals surface area contributed by atoms with Gasteiger partial charge >= 0.3 is 11.9 Å². The SMILES string of the molecule is COC(=O)C(CC(C)C)NC(=O)CCCC(=O)O. The predicted molar refractivity (Wildman–Crippen MR) is 64.9 cm³/mol. The van der Waals surface area contributed by atoms with Crippen LogP contribution in [0, 0.1) is 5.92 Å². The summed E-state index contributed by atoms with van der Waals surface area (Å²) in [4.78, 5) is 33.3. The Kier molecular flexibility index (Phi) is 7.74. The molecule has 18 heavy (non-hydrogen) atoms. The maximum atomic E-state index is 11.5. The summed E-state index contributed by atoms with van der Waals surface area (Å²) in [5.74, 6) is -1.49. The molecular weight excluding hydrogens is 238 g/mol. The number of esters is 1. The average molecular weight is 259 g/mol. The van der Waals surface area contributed by atoms with Crippen LogP contribution in [0.15, 0.2) is 0 Å². The number of carboxylic acid groups (broad SMARTS) is 1. The number of hydrogen-bond donors (Lipinski definition) is 2. The van der Waals surface area contributed by atoms with Gasteiger partial charge in [0, 0.05) is 12.8 Å². The molecule has 0 aliphatic rings. The molecule has 0 saturated carbocycles. The first-order chi connectivity index (χ1) is 8.36. The summed E-state index contributed by atoms with van der Waals surface area (Å²) >= 11 is 0. The van der Waals surface area contributed by atoms with Crippen LogP contribution in [0.25, 0.3) is 0 Å². The van der Waals surface area contributed by atoms with Crippen molar-refractivity contribution in [2.24, 2.45) is 5.92 Å². The Bertz CT molecular complexity index is 301. The van der Waals surface area contributed by atoms with Crippen LogP contribution in [0.4, 0.5) is 0 Å². The van der Waals surface area contributed by atoms with Crippen LogP contribution in [-0.4, -0.2) is 36.1 Å². The zero-order valence-corrected chi connectivity index (χ0v) is 11.1. The van der Waals surface area contributed by atoms with E-state index in [1.807, 2.05) is 13.8 Å². The van der Waals surface area contributed by atoms with Gasteiger partial charge in [0.1, 0.15) is 6.04 Å². The highest BCUT2D eigenvalue weighted by Crippen LogP contribution is 2.07. The molecule has 2 N–H and O–H groups in total. The van der Waals surface area contributed by atoms with Crippen molar-refractivity contribution in [3.05, 3.63) is 0 Å². The van der Waals surface area contributed by atoms with Gasteiger partial charge in [0.05, 0.1) is 7.11 Å². The zero-order chi connectivity index (χ0) is 14.1. The summed E-state index contributed by atoms with van der Waals surface area (Å²) in [7, 11) is 1.27. The average Bonchev–Trinajstić information content (AvgIpc) is 2.25. The molecule has 0 aromatic carbocycles. The standard InChI is InChI=1S/C12H21NO5/c1-8(2)7-9(12(17)18-3)13-10(14)5-4-6-11(15)16/h8-9H,4-7H2,1-3H3,(H,13,14)(H,15,16). The fourth-order valence-corrected chi connectivity index (χ4v) is 1.49. The van der Waals surface area contributed by atoms with Gasteiger partial charge in [0.15, 0.2) is 0 Å². The monoisotopic (exact) mass is 259 g/mol. The van der Waals surface area contributed by atoms with E-state index in [4.69, 9.17) is 5.11 Å². The molecule has 0 spiro atoms. The van der Waals surface area contributed by atoms with Crippen molar-refractivity contribution in [1.82, 2.24) is 5.32 Å². The zero-order valence-electron chi connectivity index (χ0n) is 11.1. The lowest BCUT2D eigenvalue weighted by Gasteiger charge is -2.18. The van der Waals surface area contributed by atoms with Gasteiger partial charge in [-0.05, 0) is 18.8 Å². The molecule has 104 valence electrons. The molecule has 0 aromatic rings. The Hall–Kier alpha value is -1.59. The summed E-state index contributed by atoms with van der Waals surface area (Å²) in [5.41, 5.74) is 0. The minimum absolute atomic E-state index is 0.0551. The lowest BCUT2D eigenvalue weighted by atomic mass is 10.0. The van der Waals surface area contributed by atoms with E-state index < -0.39 is 18.0 Å². The van der Waals surface area contributed by atoms with Gasteiger partial charge in [-0.1, -0.05) is 13.8 Å². The number of carbonyl (C=O) groups is 3. The van der Waals surface area contributed by atoms with Crippen LogP contribution < -0.4 is 5.32 Å².